The van der Waals surface area contributed by atoms with Gasteiger partial charge in [-0.15, -0.1) is 0 Å². The summed E-state index contributed by atoms with van der Waals surface area (Å²) >= 11 is 0. The number of benzene rings is 6. The average molecular weight is 524 g/mol. The van der Waals surface area contributed by atoms with E-state index in [9.17, 15) is 0 Å². The first kappa shape index (κ1) is 23.4. The van der Waals surface area contributed by atoms with Crippen molar-refractivity contribution in [1.82, 2.24) is 14.5 Å². The van der Waals surface area contributed by atoms with Crippen molar-refractivity contribution >= 4 is 33.1 Å². The predicted molar refractivity (Wildman–Crippen MR) is 170 cm³/mol. The van der Waals surface area contributed by atoms with Gasteiger partial charge in [0.25, 0.3) is 0 Å². The molecular weight excluding hydrogens is 498 g/mol. The minimum absolute atomic E-state index is 0.866. The van der Waals surface area contributed by atoms with Gasteiger partial charge in [-0.2, -0.15) is 0 Å². The number of nitrogens with zero attached hydrogens (tertiary/aromatic N) is 3. The van der Waals surface area contributed by atoms with Crippen LogP contribution in [0.3, 0.4) is 0 Å². The third-order valence-electron chi connectivity index (χ3n) is 7.75. The maximum Gasteiger partial charge on any atom is 0.165 e. The van der Waals surface area contributed by atoms with Crippen LogP contribution in [0.1, 0.15) is 0 Å². The van der Waals surface area contributed by atoms with Gasteiger partial charge in [-0.25, -0.2) is 9.97 Å². The zero-order valence-corrected chi connectivity index (χ0v) is 22.3. The quantitative estimate of drug-likeness (QED) is 0.230. The Balaban J connectivity index is 1.40. The number of hydrogen-bond acceptors (Lipinski definition) is 2. The Morgan fingerprint density at radius 3 is 1.51 bits per heavy atom. The van der Waals surface area contributed by atoms with E-state index in [4.69, 9.17) is 9.97 Å². The molecular formula is C38H25N3. The molecule has 0 saturated heterocycles. The molecule has 2 aromatic heterocycles. The third-order valence-corrected chi connectivity index (χ3v) is 7.75. The van der Waals surface area contributed by atoms with E-state index in [1.165, 1.54) is 27.8 Å². The van der Waals surface area contributed by atoms with Gasteiger partial charge in [-0.1, -0.05) is 97.1 Å². The first-order valence-corrected chi connectivity index (χ1v) is 13.8. The van der Waals surface area contributed by atoms with Gasteiger partial charge < -0.3 is 0 Å². The second kappa shape index (κ2) is 9.58. The van der Waals surface area contributed by atoms with Crippen molar-refractivity contribution in [3.8, 4) is 39.1 Å². The fraction of sp³-hybridized carbons (Fsp3) is 0. The summed E-state index contributed by atoms with van der Waals surface area (Å²) < 4.78 is 2.23. The van der Waals surface area contributed by atoms with E-state index in [1.54, 1.807) is 0 Å². The minimum atomic E-state index is 0.866. The summed E-state index contributed by atoms with van der Waals surface area (Å²) in [6, 6.07) is 53.3. The Morgan fingerprint density at radius 2 is 0.902 bits per heavy atom. The largest absolute Gasteiger partial charge is 0.293 e. The summed E-state index contributed by atoms with van der Waals surface area (Å²) in [6.07, 6.45) is 0. The topological polar surface area (TPSA) is 30.7 Å². The van der Waals surface area contributed by atoms with Gasteiger partial charge in [0, 0.05) is 11.1 Å². The van der Waals surface area contributed by atoms with Crippen molar-refractivity contribution in [2.24, 2.45) is 0 Å². The monoisotopic (exact) mass is 523 g/mol. The normalized spacial score (nSPS) is 11.4. The van der Waals surface area contributed by atoms with Crippen molar-refractivity contribution in [2.75, 3.05) is 0 Å². The Bertz CT molecular complexity index is 2120. The van der Waals surface area contributed by atoms with Gasteiger partial charge in [-0.3, -0.25) is 4.57 Å². The highest BCUT2D eigenvalue weighted by molar-refractivity contribution is 6.09. The molecule has 3 heteroatoms. The van der Waals surface area contributed by atoms with Crippen molar-refractivity contribution in [2.45, 2.75) is 0 Å². The molecule has 0 atom stereocenters. The highest BCUT2D eigenvalue weighted by atomic mass is 15.1. The second-order valence-corrected chi connectivity index (χ2v) is 10.3. The Morgan fingerprint density at radius 1 is 0.390 bits per heavy atom. The van der Waals surface area contributed by atoms with Gasteiger partial charge in [0.2, 0.25) is 0 Å². The molecule has 0 aliphatic carbocycles. The molecule has 0 saturated carbocycles. The van der Waals surface area contributed by atoms with E-state index >= 15 is 0 Å². The van der Waals surface area contributed by atoms with Gasteiger partial charge >= 0.3 is 0 Å². The van der Waals surface area contributed by atoms with Gasteiger partial charge in [0.1, 0.15) is 5.52 Å². The first-order chi connectivity index (χ1) is 20.3. The van der Waals surface area contributed by atoms with Crippen LogP contribution in [0.2, 0.25) is 0 Å². The molecule has 41 heavy (non-hydrogen) atoms. The van der Waals surface area contributed by atoms with Crippen LogP contribution < -0.4 is 0 Å². The summed E-state index contributed by atoms with van der Waals surface area (Å²) in [7, 11) is 0. The van der Waals surface area contributed by atoms with Crippen LogP contribution in [-0.2, 0) is 0 Å². The molecule has 8 rings (SSSR count). The lowest BCUT2D eigenvalue weighted by atomic mass is 9.93. The average Bonchev–Trinajstić information content (AvgIpc) is 3.37. The zero-order chi connectivity index (χ0) is 27.2. The Labute approximate surface area is 238 Å². The van der Waals surface area contributed by atoms with Gasteiger partial charge in [0.05, 0.1) is 16.6 Å². The molecule has 8 aromatic rings. The van der Waals surface area contributed by atoms with E-state index in [2.05, 4.69) is 126 Å². The molecule has 0 N–H and O–H groups in total. The van der Waals surface area contributed by atoms with Gasteiger partial charge in [0.15, 0.2) is 5.65 Å². The lowest BCUT2D eigenvalue weighted by Gasteiger charge is -2.12. The second-order valence-electron chi connectivity index (χ2n) is 10.3. The Hall–Kier alpha value is -5.54. The number of para-hydroxylation sites is 3. The van der Waals surface area contributed by atoms with Crippen LogP contribution in [-0.4, -0.2) is 14.5 Å². The number of hydrogen-bond donors (Lipinski definition) is 0. The number of rotatable bonds is 4. The fourth-order valence-corrected chi connectivity index (χ4v) is 5.77. The molecule has 0 aliphatic heterocycles. The van der Waals surface area contributed by atoms with E-state index in [-0.39, 0.29) is 0 Å². The highest BCUT2D eigenvalue weighted by Crippen LogP contribution is 2.37. The smallest absolute Gasteiger partial charge is 0.165 e. The summed E-state index contributed by atoms with van der Waals surface area (Å²) in [5.41, 5.74) is 12.8. The molecule has 2 heterocycles. The van der Waals surface area contributed by atoms with Crippen molar-refractivity contribution in [3.63, 3.8) is 0 Å². The lowest BCUT2D eigenvalue weighted by molar-refractivity contribution is 1.14. The molecule has 0 radical (unpaired) electrons. The molecule has 0 spiro atoms. The predicted octanol–water partition coefficient (Wildman–Crippen LogP) is 9.73. The Kier molecular flexibility index (Phi) is 5.46. The van der Waals surface area contributed by atoms with E-state index in [1.807, 2.05) is 30.3 Å². The molecule has 0 fully saturated rings. The molecule has 0 aliphatic rings. The van der Waals surface area contributed by atoms with Crippen LogP contribution >= 0.6 is 0 Å². The molecule has 0 amide bonds. The number of fused-ring (bicyclic) bond motifs is 4. The molecule has 0 bridgehead atoms. The van der Waals surface area contributed by atoms with Crippen molar-refractivity contribution < 1.29 is 0 Å². The van der Waals surface area contributed by atoms with Crippen LogP contribution in [0.4, 0.5) is 0 Å². The van der Waals surface area contributed by atoms with Crippen LogP contribution in [0.25, 0.3) is 72.2 Å². The first-order valence-electron chi connectivity index (χ1n) is 13.8. The highest BCUT2D eigenvalue weighted by Gasteiger charge is 2.17. The van der Waals surface area contributed by atoms with Crippen LogP contribution in [0.5, 0.6) is 0 Å². The minimum Gasteiger partial charge on any atom is -0.293 e. The molecule has 192 valence electrons. The summed E-state index contributed by atoms with van der Waals surface area (Å²) in [5.74, 6) is 0. The van der Waals surface area contributed by atoms with Crippen LogP contribution in [0.15, 0.2) is 152 Å². The lowest BCUT2D eigenvalue weighted by Crippen LogP contribution is -1.96. The van der Waals surface area contributed by atoms with Crippen LogP contribution in [0, 0.1) is 0 Å². The fourth-order valence-electron chi connectivity index (χ4n) is 5.77. The maximum atomic E-state index is 5.13. The van der Waals surface area contributed by atoms with E-state index < -0.39 is 0 Å². The summed E-state index contributed by atoms with van der Waals surface area (Å²) in [5, 5.41) is 1.09. The van der Waals surface area contributed by atoms with Crippen molar-refractivity contribution in [3.05, 3.63) is 152 Å². The van der Waals surface area contributed by atoms with E-state index in [0.29, 0.717) is 0 Å². The number of aromatic nitrogens is 3. The van der Waals surface area contributed by atoms with Gasteiger partial charge in [-0.05, 0) is 88.0 Å². The van der Waals surface area contributed by atoms with E-state index in [0.717, 1.165) is 44.4 Å². The van der Waals surface area contributed by atoms with Crippen molar-refractivity contribution in [1.29, 1.82) is 0 Å². The standard InChI is InChI=1S/C38H25N3/c1-4-12-26(13-5-1)29-22-30(27-14-6-2-7-15-27)24-31(23-29)28-20-21-36-33(25-28)37-38(41(36)32-16-8-3-9-17-32)40-35-19-11-10-18-34(35)39-37/h1-25H. The molecule has 0 unspecified atom stereocenters. The zero-order valence-electron chi connectivity index (χ0n) is 22.3. The maximum absolute atomic E-state index is 5.13. The summed E-state index contributed by atoms with van der Waals surface area (Å²) in [6.45, 7) is 0. The summed E-state index contributed by atoms with van der Waals surface area (Å²) in [4.78, 5) is 10.2. The third kappa shape index (κ3) is 4.07. The molecule has 6 aromatic carbocycles. The molecule has 3 nitrogen and oxygen atoms in total. The SMILES string of the molecule is c1ccc(-c2cc(-c3ccccc3)cc(-c3ccc4c(c3)c3nc5ccccc5nc3n4-c3ccccc3)c2)cc1.